The first-order chi connectivity index (χ1) is 10.3. The van der Waals surface area contributed by atoms with Gasteiger partial charge in [-0.3, -0.25) is 0 Å². The van der Waals surface area contributed by atoms with Crippen molar-refractivity contribution in [3.05, 3.63) is 65.7 Å². The summed E-state index contributed by atoms with van der Waals surface area (Å²) in [5.41, 5.74) is 2.57. The number of urea groups is 1. The lowest BCUT2D eigenvalue weighted by Crippen LogP contribution is -2.28. The maximum absolute atomic E-state index is 11.7. The van der Waals surface area contributed by atoms with Crippen molar-refractivity contribution < 1.29 is 9.90 Å². The predicted molar refractivity (Wildman–Crippen MR) is 82.7 cm³/mol. The number of benzene rings is 2. The molecule has 0 saturated carbocycles. The number of carbonyl (C=O) groups is 1. The van der Waals surface area contributed by atoms with E-state index in [0.717, 1.165) is 16.8 Å². The van der Waals surface area contributed by atoms with E-state index in [9.17, 15) is 4.79 Å². The summed E-state index contributed by atoms with van der Waals surface area (Å²) < 4.78 is 0. The van der Waals surface area contributed by atoms with Crippen LogP contribution >= 0.6 is 0 Å². The molecule has 2 aromatic carbocycles. The molecule has 0 bridgehead atoms. The van der Waals surface area contributed by atoms with Gasteiger partial charge >= 0.3 is 6.03 Å². The first-order valence-corrected chi connectivity index (χ1v) is 6.56. The molecule has 0 aliphatic heterocycles. The van der Waals surface area contributed by atoms with Gasteiger partial charge in [-0.1, -0.05) is 42.2 Å². The molecule has 0 saturated heterocycles. The van der Waals surface area contributed by atoms with Crippen LogP contribution in [0, 0.1) is 11.8 Å². The van der Waals surface area contributed by atoms with Crippen molar-refractivity contribution in [1.29, 1.82) is 0 Å². The van der Waals surface area contributed by atoms with E-state index in [0.29, 0.717) is 6.54 Å². The van der Waals surface area contributed by atoms with Crippen molar-refractivity contribution in [2.75, 3.05) is 11.9 Å². The monoisotopic (exact) mass is 280 g/mol. The number of aliphatic hydroxyl groups is 1. The van der Waals surface area contributed by atoms with Gasteiger partial charge in [0.05, 0.1) is 0 Å². The van der Waals surface area contributed by atoms with Crippen LogP contribution in [0.25, 0.3) is 0 Å². The lowest BCUT2D eigenvalue weighted by atomic mass is 10.1. The molecule has 0 aliphatic rings. The van der Waals surface area contributed by atoms with Crippen LogP contribution in [0.4, 0.5) is 10.5 Å². The maximum atomic E-state index is 11.7. The number of anilines is 1. The molecule has 0 aromatic heterocycles. The highest BCUT2D eigenvalue weighted by atomic mass is 16.2. The SMILES string of the molecule is O=C(NCc1ccc(C#CCO)cc1)Nc1ccccc1. The molecule has 0 heterocycles. The highest BCUT2D eigenvalue weighted by Gasteiger charge is 2.01. The second-order valence-electron chi connectivity index (χ2n) is 4.33. The van der Waals surface area contributed by atoms with E-state index >= 15 is 0 Å². The van der Waals surface area contributed by atoms with Gasteiger partial charge in [0.15, 0.2) is 0 Å². The Morgan fingerprint density at radius 3 is 2.43 bits per heavy atom. The minimum absolute atomic E-state index is 0.150. The van der Waals surface area contributed by atoms with Crippen LogP contribution in [0.3, 0.4) is 0 Å². The molecule has 2 amide bonds. The second-order valence-corrected chi connectivity index (χ2v) is 4.33. The van der Waals surface area contributed by atoms with Crippen LogP contribution in [-0.2, 0) is 6.54 Å². The van der Waals surface area contributed by atoms with E-state index in [1.165, 1.54) is 0 Å². The van der Waals surface area contributed by atoms with Crippen LogP contribution in [0.1, 0.15) is 11.1 Å². The number of hydrogen-bond acceptors (Lipinski definition) is 2. The van der Waals surface area contributed by atoms with E-state index in [2.05, 4.69) is 22.5 Å². The van der Waals surface area contributed by atoms with Gasteiger partial charge in [0.1, 0.15) is 6.61 Å². The van der Waals surface area contributed by atoms with Gasteiger partial charge < -0.3 is 15.7 Å². The Balaban J connectivity index is 1.84. The molecule has 106 valence electrons. The molecule has 0 fully saturated rings. The summed E-state index contributed by atoms with van der Waals surface area (Å²) in [6.07, 6.45) is 0. The van der Waals surface area contributed by atoms with Gasteiger partial charge in [0, 0.05) is 17.8 Å². The first kappa shape index (κ1) is 14.6. The number of nitrogens with one attached hydrogen (secondary N) is 2. The predicted octanol–water partition coefficient (Wildman–Crippen LogP) is 2.35. The molecule has 0 radical (unpaired) electrons. The molecule has 21 heavy (non-hydrogen) atoms. The average molecular weight is 280 g/mol. The standard InChI is InChI=1S/C17H16N2O2/c20-12-4-5-14-8-10-15(11-9-14)13-18-17(21)19-16-6-2-1-3-7-16/h1-3,6-11,20H,12-13H2,(H2,18,19,21). The topological polar surface area (TPSA) is 61.4 Å². The van der Waals surface area contributed by atoms with Crippen molar-refractivity contribution in [3.8, 4) is 11.8 Å². The van der Waals surface area contributed by atoms with Crippen molar-refractivity contribution >= 4 is 11.7 Å². The van der Waals surface area contributed by atoms with Crippen molar-refractivity contribution in [3.63, 3.8) is 0 Å². The van der Waals surface area contributed by atoms with Crippen LogP contribution in [0.15, 0.2) is 54.6 Å². The second kappa shape index (κ2) is 7.73. The summed E-state index contributed by atoms with van der Waals surface area (Å²) in [7, 11) is 0. The summed E-state index contributed by atoms with van der Waals surface area (Å²) >= 11 is 0. The fourth-order valence-electron chi connectivity index (χ4n) is 1.73. The van der Waals surface area contributed by atoms with Gasteiger partial charge in [0.25, 0.3) is 0 Å². The summed E-state index contributed by atoms with van der Waals surface area (Å²) in [6, 6.07) is 16.5. The highest BCUT2D eigenvalue weighted by Crippen LogP contribution is 2.05. The Morgan fingerprint density at radius 1 is 1.05 bits per heavy atom. The van der Waals surface area contributed by atoms with Gasteiger partial charge in [-0.05, 0) is 29.8 Å². The molecule has 4 nitrogen and oxygen atoms in total. The molecule has 2 rings (SSSR count). The van der Waals surface area contributed by atoms with Gasteiger partial charge in [-0.25, -0.2) is 4.79 Å². The minimum atomic E-state index is -0.245. The lowest BCUT2D eigenvalue weighted by molar-refractivity contribution is 0.251. The fourth-order valence-corrected chi connectivity index (χ4v) is 1.73. The van der Waals surface area contributed by atoms with E-state index in [-0.39, 0.29) is 12.6 Å². The minimum Gasteiger partial charge on any atom is -0.384 e. The zero-order valence-corrected chi connectivity index (χ0v) is 11.5. The van der Waals surface area contributed by atoms with Gasteiger partial charge in [-0.2, -0.15) is 0 Å². The Bertz CT molecular complexity index is 640. The van der Waals surface area contributed by atoms with Crippen molar-refractivity contribution in [1.82, 2.24) is 5.32 Å². The molecule has 3 N–H and O–H groups in total. The number of amides is 2. The number of rotatable bonds is 3. The number of aliphatic hydroxyl groups excluding tert-OH is 1. The van der Waals surface area contributed by atoms with Crippen LogP contribution in [0.5, 0.6) is 0 Å². The smallest absolute Gasteiger partial charge is 0.319 e. The molecular formula is C17H16N2O2. The van der Waals surface area contributed by atoms with E-state index in [4.69, 9.17) is 5.11 Å². The van der Waals surface area contributed by atoms with Crippen LogP contribution < -0.4 is 10.6 Å². The van der Waals surface area contributed by atoms with Crippen molar-refractivity contribution in [2.45, 2.75) is 6.54 Å². The number of carbonyl (C=O) groups excluding carboxylic acids is 1. The summed E-state index contributed by atoms with van der Waals surface area (Å²) in [4.78, 5) is 11.7. The van der Waals surface area contributed by atoms with E-state index in [1.807, 2.05) is 54.6 Å². The first-order valence-electron chi connectivity index (χ1n) is 6.56. The molecular weight excluding hydrogens is 264 g/mol. The Hall–Kier alpha value is -2.77. The third kappa shape index (κ3) is 5.01. The number of para-hydroxylation sites is 1. The fraction of sp³-hybridized carbons (Fsp3) is 0.118. The largest absolute Gasteiger partial charge is 0.384 e. The van der Waals surface area contributed by atoms with E-state index in [1.54, 1.807) is 0 Å². The lowest BCUT2D eigenvalue weighted by Gasteiger charge is -2.07. The number of hydrogen-bond donors (Lipinski definition) is 3. The molecule has 0 aliphatic carbocycles. The molecule has 0 unspecified atom stereocenters. The van der Waals surface area contributed by atoms with Crippen LogP contribution in [-0.4, -0.2) is 17.7 Å². The zero-order valence-electron chi connectivity index (χ0n) is 11.5. The van der Waals surface area contributed by atoms with Crippen LogP contribution in [0.2, 0.25) is 0 Å². The van der Waals surface area contributed by atoms with E-state index < -0.39 is 0 Å². The maximum Gasteiger partial charge on any atom is 0.319 e. The average Bonchev–Trinajstić information content (AvgIpc) is 2.53. The van der Waals surface area contributed by atoms with Crippen molar-refractivity contribution in [2.24, 2.45) is 0 Å². The summed E-state index contributed by atoms with van der Waals surface area (Å²) in [5.74, 6) is 5.41. The molecule has 0 atom stereocenters. The summed E-state index contributed by atoms with van der Waals surface area (Å²) in [6.45, 7) is 0.287. The third-order valence-corrected chi connectivity index (χ3v) is 2.75. The Kier molecular flexibility index (Phi) is 5.39. The van der Waals surface area contributed by atoms with Gasteiger partial charge in [-0.15, -0.1) is 0 Å². The third-order valence-electron chi connectivity index (χ3n) is 2.75. The van der Waals surface area contributed by atoms with Gasteiger partial charge in [0.2, 0.25) is 0 Å². The molecule has 0 spiro atoms. The Labute approximate surface area is 123 Å². The molecule has 2 aromatic rings. The molecule has 4 heteroatoms. The Morgan fingerprint density at radius 2 is 1.76 bits per heavy atom. The highest BCUT2D eigenvalue weighted by molar-refractivity contribution is 5.89. The normalized spacial score (nSPS) is 9.38. The summed E-state index contributed by atoms with van der Waals surface area (Å²) in [5, 5.41) is 14.2. The zero-order chi connectivity index (χ0) is 14.9. The quantitative estimate of drug-likeness (QED) is 0.756.